The second-order valence-electron chi connectivity index (χ2n) is 13.6. The Labute approximate surface area is 261 Å². The number of aromatic nitrogens is 2. The van der Waals surface area contributed by atoms with Gasteiger partial charge < -0.3 is 23.5 Å². The van der Waals surface area contributed by atoms with Gasteiger partial charge in [0.15, 0.2) is 0 Å². The van der Waals surface area contributed by atoms with Crippen molar-refractivity contribution in [1.29, 1.82) is 0 Å². The molecule has 1 aromatic carbocycles. The number of benzene rings is 1. The molecule has 0 bridgehead atoms. The van der Waals surface area contributed by atoms with Gasteiger partial charge in [-0.25, -0.2) is 0 Å². The topological polar surface area (TPSA) is 67.0 Å². The van der Waals surface area contributed by atoms with Crippen LogP contribution in [0.2, 0.25) is 0 Å². The van der Waals surface area contributed by atoms with Crippen molar-refractivity contribution in [2.75, 3.05) is 56.2 Å². The van der Waals surface area contributed by atoms with Crippen LogP contribution in [0.25, 0.3) is 11.0 Å². The van der Waals surface area contributed by atoms with Gasteiger partial charge >= 0.3 is 0 Å². The highest BCUT2D eigenvalue weighted by Crippen LogP contribution is 2.41. The van der Waals surface area contributed by atoms with Crippen molar-refractivity contribution < 1.29 is 9.15 Å². The Bertz CT molecular complexity index is 1650. The molecule has 2 aliphatic rings. The summed E-state index contributed by atoms with van der Waals surface area (Å²) in [7, 11) is 1.79. The highest BCUT2D eigenvalue weighted by Gasteiger charge is 2.34. The molecular formula is C36H47N5O3. The summed E-state index contributed by atoms with van der Waals surface area (Å²) >= 11 is 0. The number of aryl methyl sites for hydroxylation is 2. The molecule has 44 heavy (non-hydrogen) atoms. The lowest BCUT2D eigenvalue weighted by molar-refractivity contribution is 0.202. The fraction of sp³-hybridized carbons (Fsp3) is 0.500. The second kappa shape index (κ2) is 12.8. The molecule has 1 aliphatic carbocycles. The Hall–Kier alpha value is -3.62. The number of fused-ring (bicyclic) bond motifs is 2. The summed E-state index contributed by atoms with van der Waals surface area (Å²) in [6, 6.07) is 15.0. The fourth-order valence-corrected chi connectivity index (χ4v) is 6.64. The highest BCUT2D eigenvalue weighted by atomic mass is 16.5. The molecule has 8 nitrogen and oxygen atoms in total. The minimum Gasteiger partial charge on any atom is -0.461 e. The molecule has 1 aliphatic heterocycles. The number of pyridine rings is 2. The number of methoxy groups -OCH3 is 1. The van der Waals surface area contributed by atoms with Gasteiger partial charge in [-0.1, -0.05) is 26.0 Å². The molecule has 234 valence electrons. The summed E-state index contributed by atoms with van der Waals surface area (Å²) in [6.45, 7) is 16.4. The first-order chi connectivity index (χ1) is 21.2. The van der Waals surface area contributed by atoms with E-state index < -0.39 is 0 Å². The van der Waals surface area contributed by atoms with Crippen molar-refractivity contribution in [2.45, 2.75) is 60.2 Å². The number of rotatable bonds is 12. The third kappa shape index (κ3) is 7.02. The van der Waals surface area contributed by atoms with Gasteiger partial charge in [-0.3, -0.25) is 14.7 Å². The molecule has 1 saturated carbocycles. The molecule has 0 spiro atoms. The maximum Gasteiger partial charge on any atom is 0.261 e. The summed E-state index contributed by atoms with van der Waals surface area (Å²) in [5, 5.41) is 0.641. The lowest BCUT2D eigenvalue weighted by Gasteiger charge is -2.32. The Kier molecular flexibility index (Phi) is 8.83. The molecule has 4 heterocycles. The van der Waals surface area contributed by atoms with Gasteiger partial charge in [0.05, 0.1) is 23.4 Å². The summed E-state index contributed by atoms with van der Waals surface area (Å²) in [4.78, 5) is 25.4. The van der Waals surface area contributed by atoms with Crippen LogP contribution in [0, 0.1) is 25.2 Å². The van der Waals surface area contributed by atoms with Crippen molar-refractivity contribution in [3.05, 3.63) is 87.8 Å². The summed E-state index contributed by atoms with van der Waals surface area (Å²) < 4.78 is 13.0. The van der Waals surface area contributed by atoms with Crippen LogP contribution in [0.4, 0.5) is 11.4 Å². The van der Waals surface area contributed by atoms with Crippen LogP contribution >= 0.6 is 0 Å². The van der Waals surface area contributed by atoms with Crippen LogP contribution in [0.1, 0.15) is 49.3 Å². The normalized spacial score (nSPS) is 16.5. The van der Waals surface area contributed by atoms with Crippen LogP contribution in [-0.2, 0) is 24.4 Å². The smallest absolute Gasteiger partial charge is 0.261 e. The zero-order valence-corrected chi connectivity index (χ0v) is 27.0. The van der Waals surface area contributed by atoms with Crippen LogP contribution in [-0.4, -0.2) is 60.9 Å². The van der Waals surface area contributed by atoms with Gasteiger partial charge in [-0.05, 0) is 79.5 Å². The first-order valence-electron chi connectivity index (χ1n) is 16.0. The average molecular weight is 598 g/mol. The Morgan fingerprint density at radius 2 is 1.84 bits per heavy atom. The third-order valence-electron chi connectivity index (χ3n) is 9.05. The molecule has 3 aromatic heterocycles. The molecule has 1 fully saturated rings. The van der Waals surface area contributed by atoms with E-state index in [-0.39, 0.29) is 11.0 Å². The standard InChI is InChI=1S/C36H47N5O3/c1-26-19-31-34(44-26)12-14-39(35(31)42)16-15-38(23-30-7-6-13-37-27(30)2)21-29-10-11-32-33(20-29)41(22-28-8-9-28)25-36(3,4)24-40(32)17-18-43-5/h6-7,10-14,19-20,28H,8-9,15-18,21-25H2,1-5H3. The van der Waals surface area contributed by atoms with Crippen LogP contribution in [0.3, 0.4) is 0 Å². The zero-order chi connectivity index (χ0) is 30.8. The highest BCUT2D eigenvalue weighted by molar-refractivity contribution is 5.76. The molecule has 0 atom stereocenters. The Morgan fingerprint density at radius 1 is 1.02 bits per heavy atom. The zero-order valence-electron chi connectivity index (χ0n) is 27.0. The van der Waals surface area contributed by atoms with Gasteiger partial charge in [-0.15, -0.1) is 0 Å². The lowest BCUT2D eigenvalue weighted by Crippen LogP contribution is -2.40. The van der Waals surface area contributed by atoms with Crippen molar-refractivity contribution in [2.24, 2.45) is 11.3 Å². The molecule has 0 saturated heterocycles. The minimum absolute atomic E-state index is 0.00336. The number of furan rings is 1. The second-order valence-corrected chi connectivity index (χ2v) is 13.6. The van der Waals surface area contributed by atoms with E-state index in [1.54, 1.807) is 7.11 Å². The van der Waals surface area contributed by atoms with E-state index in [2.05, 4.69) is 64.7 Å². The van der Waals surface area contributed by atoms with E-state index in [1.807, 2.05) is 42.1 Å². The van der Waals surface area contributed by atoms with Crippen molar-refractivity contribution in [1.82, 2.24) is 14.5 Å². The van der Waals surface area contributed by atoms with Crippen molar-refractivity contribution in [3.8, 4) is 0 Å². The van der Waals surface area contributed by atoms with Crippen molar-refractivity contribution in [3.63, 3.8) is 0 Å². The van der Waals surface area contributed by atoms with Crippen LogP contribution in [0.15, 0.2) is 64.1 Å². The molecule has 6 rings (SSSR count). The minimum atomic E-state index is -0.00336. The number of hydrogen-bond acceptors (Lipinski definition) is 7. The predicted molar refractivity (Wildman–Crippen MR) is 178 cm³/mol. The maximum absolute atomic E-state index is 13.3. The Balaban J connectivity index is 1.30. The van der Waals surface area contributed by atoms with Crippen LogP contribution < -0.4 is 15.4 Å². The quantitative estimate of drug-likeness (QED) is 0.198. The fourth-order valence-electron chi connectivity index (χ4n) is 6.64. The molecule has 0 unspecified atom stereocenters. The molecule has 0 N–H and O–H groups in total. The van der Waals surface area contributed by atoms with Gasteiger partial charge in [-0.2, -0.15) is 0 Å². The Morgan fingerprint density at radius 3 is 2.61 bits per heavy atom. The van der Waals surface area contributed by atoms with E-state index >= 15 is 0 Å². The van der Waals surface area contributed by atoms with E-state index in [4.69, 9.17) is 9.15 Å². The van der Waals surface area contributed by atoms with Gasteiger partial charge in [0.1, 0.15) is 11.3 Å². The number of ether oxygens (including phenoxy) is 1. The lowest BCUT2D eigenvalue weighted by atomic mass is 9.92. The summed E-state index contributed by atoms with van der Waals surface area (Å²) in [5.74, 6) is 1.55. The molecule has 0 radical (unpaired) electrons. The third-order valence-corrected chi connectivity index (χ3v) is 9.05. The molecule has 0 amide bonds. The van der Waals surface area contributed by atoms with Gasteiger partial charge in [0.2, 0.25) is 0 Å². The maximum atomic E-state index is 13.3. The van der Waals surface area contributed by atoms with E-state index in [9.17, 15) is 4.79 Å². The SMILES string of the molecule is COCCN1CC(C)(C)CN(CC2CC2)c2cc(CN(CCn3ccc4oc(C)cc4c3=O)Cc3cccnc3C)ccc21. The number of nitrogens with zero attached hydrogens (tertiary/aromatic N) is 5. The summed E-state index contributed by atoms with van der Waals surface area (Å²) in [6.07, 6.45) is 6.38. The van der Waals surface area contributed by atoms with E-state index in [0.29, 0.717) is 24.1 Å². The first-order valence-corrected chi connectivity index (χ1v) is 16.0. The van der Waals surface area contributed by atoms with Gasteiger partial charge in [0, 0.05) is 77.6 Å². The van der Waals surface area contributed by atoms with E-state index in [0.717, 1.165) is 63.2 Å². The summed E-state index contributed by atoms with van der Waals surface area (Å²) in [5.41, 5.74) is 6.98. The first kappa shape index (κ1) is 30.4. The predicted octanol–water partition coefficient (Wildman–Crippen LogP) is 6.02. The molecule has 4 aromatic rings. The average Bonchev–Trinajstić information content (AvgIpc) is 3.74. The van der Waals surface area contributed by atoms with E-state index in [1.165, 1.54) is 35.3 Å². The van der Waals surface area contributed by atoms with Gasteiger partial charge in [0.25, 0.3) is 5.56 Å². The van der Waals surface area contributed by atoms with Crippen molar-refractivity contribution >= 4 is 22.3 Å². The monoisotopic (exact) mass is 597 g/mol. The van der Waals surface area contributed by atoms with Crippen LogP contribution in [0.5, 0.6) is 0 Å². The number of hydrogen-bond donors (Lipinski definition) is 0. The molecule has 8 heteroatoms. The largest absolute Gasteiger partial charge is 0.461 e. The number of anilines is 2. The molecular weight excluding hydrogens is 550 g/mol.